The third kappa shape index (κ3) is 4.80. The van der Waals surface area contributed by atoms with Crippen LogP contribution in [0.2, 0.25) is 0 Å². The molecule has 5 nitrogen and oxygen atoms in total. The Bertz CT molecular complexity index is 807. The molecule has 0 saturated heterocycles. The summed E-state index contributed by atoms with van der Waals surface area (Å²) in [7, 11) is 3.33. The number of para-hydroxylation sites is 1. The second-order valence-electron chi connectivity index (χ2n) is 6.03. The van der Waals surface area contributed by atoms with Crippen LogP contribution in [0.3, 0.4) is 0 Å². The van der Waals surface area contributed by atoms with E-state index in [1.54, 1.807) is 20.4 Å². The molecule has 0 spiro atoms. The third-order valence-corrected chi connectivity index (χ3v) is 4.13. The van der Waals surface area contributed by atoms with Gasteiger partial charge in [-0.05, 0) is 23.3 Å². The minimum Gasteiger partial charge on any atom is -0.496 e. The fraction of sp³-hybridized carbons (Fsp3) is 0.238. The molecule has 134 valence electrons. The van der Waals surface area contributed by atoms with Crippen molar-refractivity contribution < 1.29 is 9.47 Å². The van der Waals surface area contributed by atoms with Gasteiger partial charge >= 0.3 is 0 Å². The first-order chi connectivity index (χ1) is 12.8. The molecular formula is C21H23N3O2. The lowest BCUT2D eigenvalue weighted by Gasteiger charge is -2.23. The first kappa shape index (κ1) is 17.9. The maximum Gasteiger partial charge on any atom is 0.212 e. The van der Waals surface area contributed by atoms with Gasteiger partial charge in [0, 0.05) is 49.9 Å². The highest BCUT2D eigenvalue weighted by Crippen LogP contribution is 2.21. The quantitative estimate of drug-likeness (QED) is 0.621. The van der Waals surface area contributed by atoms with E-state index in [2.05, 4.69) is 27.0 Å². The van der Waals surface area contributed by atoms with Gasteiger partial charge in [-0.15, -0.1) is 0 Å². The van der Waals surface area contributed by atoms with Gasteiger partial charge in [0.05, 0.1) is 14.2 Å². The predicted molar refractivity (Wildman–Crippen MR) is 101 cm³/mol. The molecule has 0 saturated carbocycles. The van der Waals surface area contributed by atoms with Crippen molar-refractivity contribution in [1.29, 1.82) is 0 Å². The monoisotopic (exact) mass is 349 g/mol. The summed E-state index contributed by atoms with van der Waals surface area (Å²) in [5.74, 6) is 1.52. The number of hydrogen-bond acceptors (Lipinski definition) is 5. The number of rotatable bonds is 8. The standard InChI is InChI=1S/C21H23N3O2/c1-25-20-8-4-3-7-19(20)16-24(14-17-6-5-11-22-12-17)15-18-9-10-21(26-2)23-13-18/h3-13H,14-16H2,1-2H3. The van der Waals surface area contributed by atoms with Crippen LogP contribution in [-0.2, 0) is 19.6 Å². The molecule has 0 amide bonds. The molecule has 0 atom stereocenters. The number of hydrogen-bond donors (Lipinski definition) is 0. The molecule has 0 unspecified atom stereocenters. The van der Waals surface area contributed by atoms with Crippen LogP contribution < -0.4 is 9.47 Å². The minimum absolute atomic E-state index is 0.622. The molecule has 26 heavy (non-hydrogen) atoms. The lowest BCUT2D eigenvalue weighted by Crippen LogP contribution is -2.23. The van der Waals surface area contributed by atoms with Crippen LogP contribution in [0.15, 0.2) is 67.1 Å². The van der Waals surface area contributed by atoms with Gasteiger partial charge < -0.3 is 9.47 Å². The van der Waals surface area contributed by atoms with Gasteiger partial charge in [-0.2, -0.15) is 0 Å². The van der Waals surface area contributed by atoms with Gasteiger partial charge in [-0.3, -0.25) is 9.88 Å². The van der Waals surface area contributed by atoms with E-state index in [0.29, 0.717) is 5.88 Å². The van der Waals surface area contributed by atoms with E-state index in [1.165, 1.54) is 5.56 Å². The van der Waals surface area contributed by atoms with Crippen molar-refractivity contribution in [3.8, 4) is 11.6 Å². The zero-order valence-corrected chi connectivity index (χ0v) is 15.1. The topological polar surface area (TPSA) is 47.5 Å². The first-order valence-corrected chi connectivity index (χ1v) is 8.50. The molecule has 0 N–H and O–H groups in total. The molecule has 0 aliphatic rings. The minimum atomic E-state index is 0.622. The summed E-state index contributed by atoms with van der Waals surface area (Å²) in [6, 6.07) is 16.1. The summed E-state index contributed by atoms with van der Waals surface area (Å²) in [6.45, 7) is 2.33. The van der Waals surface area contributed by atoms with Gasteiger partial charge in [0.25, 0.3) is 0 Å². The van der Waals surface area contributed by atoms with E-state index in [4.69, 9.17) is 9.47 Å². The summed E-state index contributed by atoms with van der Waals surface area (Å²) < 4.78 is 10.7. The average molecular weight is 349 g/mol. The maximum atomic E-state index is 5.51. The number of nitrogens with zero attached hydrogens (tertiary/aromatic N) is 3. The maximum absolute atomic E-state index is 5.51. The first-order valence-electron chi connectivity index (χ1n) is 8.50. The molecule has 3 rings (SSSR count). The Morgan fingerprint density at radius 2 is 1.62 bits per heavy atom. The lowest BCUT2D eigenvalue weighted by molar-refractivity contribution is 0.243. The van der Waals surface area contributed by atoms with Crippen LogP contribution in [-0.4, -0.2) is 29.1 Å². The second-order valence-corrected chi connectivity index (χ2v) is 6.03. The highest BCUT2D eigenvalue weighted by Gasteiger charge is 2.12. The SMILES string of the molecule is COc1ccc(CN(Cc2cccnc2)Cc2ccccc2OC)cn1. The van der Waals surface area contributed by atoms with Crippen molar-refractivity contribution >= 4 is 0 Å². The Morgan fingerprint density at radius 1 is 0.808 bits per heavy atom. The molecule has 2 aromatic heterocycles. The van der Waals surface area contributed by atoms with E-state index >= 15 is 0 Å². The van der Waals surface area contributed by atoms with Crippen LogP contribution in [0, 0.1) is 0 Å². The lowest BCUT2D eigenvalue weighted by atomic mass is 10.1. The fourth-order valence-corrected chi connectivity index (χ4v) is 2.88. The largest absolute Gasteiger partial charge is 0.496 e. The van der Waals surface area contributed by atoms with Crippen molar-refractivity contribution in [2.75, 3.05) is 14.2 Å². The van der Waals surface area contributed by atoms with Crippen LogP contribution in [0.1, 0.15) is 16.7 Å². The van der Waals surface area contributed by atoms with E-state index in [9.17, 15) is 0 Å². The molecule has 0 fully saturated rings. The van der Waals surface area contributed by atoms with Crippen molar-refractivity contribution in [1.82, 2.24) is 14.9 Å². The molecular weight excluding hydrogens is 326 g/mol. The predicted octanol–water partition coefficient (Wildman–Crippen LogP) is 3.70. The number of ether oxygens (including phenoxy) is 2. The summed E-state index contributed by atoms with van der Waals surface area (Å²) in [5, 5.41) is 0. The molecule has 0 bridgehead atoms. The zero-order valence-electron chi connectivity index (χ0n) is 15.1. The van der Waals surface area contributed by atoms with Gasteiger partial charge in [0.1, 0.15) is 5.75 Å². The number of methoxy groups -OCH3 is 2. The number of benzene rings is 1. The normalized spacial score (nSPS) is 10.7. The Kier molecular flexibility index (Phi) is 6.17. The van der Waals surface area contributed by atoms with Gasteiger partial charge in [0.15, 0.2) is 0 Å². The molecule has 0 radical (unpaired) electrons. The highest BCUT2D eigenvalue weighted by atomic mass is 16.5. The van der Waals surface area contributed by atoms with Crippen molar-refractivity contribution in [2.24, 2.45) is 0 Å². The summed E-state index contributed by atoms with van der Waals surface area (Å²) in [5.41, 5.74) is 3.45. The van der Waals surface area contributed by atoms with E-state index in [0.717, 1.165) is 36.5 Å². The van der Waals surface area contributed by atoms with Crippen molar-refractivity contribution in [2.45, 2.75) is 19.6 Å². The Hall–Kier alpha value is -2.92. The smallest absolute Gasteiger partial charge is 0.212 e. The molecule has 2 heterocycles. The summed E-state index contributed by atoms with van der Waals surface area (Å²) in [4.78, 5) is 10.9. The van der Waals surface area contributed by atoms with Crippen LogP contribution in [0.5, 0.6) is 11.6 Å². The third-order valence-electron chi connectivity index (χ3n) is 4.13. The van der Waals surface area contributed by atoms with Gasteiger partial charge in [-0.25, -0.2) is 4.98 Å². The Balaban J connectivity index is 1.80. The fourth-order valence-electron chi connectivity index (χ4n) is 2.88. The molecule has 0 aliphatic heterocycles. The second kappa shape index (κ2) is 8.97. The summed E-state index contributed by atoms with van der Waals surface area (Å²) in [6.07, 6.45) is 5.56. The molecule has 0 aliphatic carbocycles. The van der Waals surface area contributed by atoms with E-state index in [-0.39, 0.29) is 0 Å². The molecule has 1 aromatic carbocycles. The van der Waals surface area contributed by atoms with Crippen molar-refractivity contribution in [3.63, 3.8) is 0 Å². The van der Waals surface area contributed by atoms with E-state index in [1.807, 2.05) is 48.8 Å². The van der Waals surface area contributed by atoms with Gasteiger partial charge in [-0.1, -0.05) is 30.3 Å². The van der Waals surface area contributed by atoms with Crippen LogP contribution in [0.25, 0.3) is 0 Å². The number of aromatic nitrogens is 2. The van der Waals surface area contributed by atoms with E-state index < -0.39 is 0 Å². The number of pyridine rings is 2. The summed E-state index contributed by atoms with van der Waals surface area (Å²) >= 11 is 0. The van der Waals surface area contributed by atoms with Gasteiger partial charge in [0.2, 0.25) is 5.88 Å². The Labute approximate surface area is 154 Å². The average Bonchev–Trinajstić information content (AvgIpc) is 2.70. The van der Waals surface area contributed by atoms with Crippen molar-refractivity contribution in [3.05, 3.63) is 83.8 Å². The highest BCUT2D eigenvalue weighted by molar-refractivity contribution is 5.33. The molecule has 5 heteroatoms. The zero-order chi connectivity index (χ0) is 18.2. The van der Waals surface area contributed by atoms with Crippen LogP contribution >= 0.6 is 0 Å². The van der Waals surface area contributed by atoms with Crippen LogP contribution in [0.4, 0.5) is 0 Å². The molecule has 3 aromatic rings. The Morgan fingerprint density at radius 3 is 2.27 bits per heavy atom.